The van der Waals surface area contributed by atoms with Crippen molar-refractivity contribution in [1.29, 1.82) is 0 Å². The Kier molecular flexibility index (Phi) is 10.3. The highest BCUT2D eigenvalue weighted by Crippen LogP contribution is 2.38. The molecule has 0 bridgehead atoms. The van der Waals surface area contributed by atoms with Crippen LogP contribution < -0.4 is 14.2 Å². The Morgan fingerprint density at radius 3 is 2.27 bits per heavy atom. The third-order valence-corrected chi connectivity index (χ3v) is 10.2. The van der Waals surface area contributed by atoms with Crippen molar-refractivity contribution in [2.45, 2.75) is 36.9 Å². The Labute approximate surface area is 269 Å². The van der Waals surface area contributed by atoms with E-state index in [0.717, 1.165) is 12.8 Å². The fourth-order valence-corrected chi connectivity index (χ4v) is 6.84. The summed E-state index contributed by atoms with van der Waals surface area (Å²) in [5.41, 5.74) is 0.805. The molecule has 1 aliphatic carbocycles. The molecule has 2 aromatic carbocycles. The van der Waals surface area contributed by atoms with Gasteiger partial charge in [-0.15, -0.1) is 0 Å². The number of benzene rings is 2. The van der Waals surface area contributed by atoms with Gasteiger partial charge in [-0.05, 0) is 67.8 Å². The first kappa shape index (κ1) is 33.1. The third kappa shape index (κ3) is 8.33. The highest BCUT2D eigenvalue weighted by atomic mass is 35.5. The van der Waals surface area contributed by atoms with Crippen LogP contribution in [0.3, 0.4) is 0 Å². The number of aromatic nitrogens is 1. The number of alkyl halides is 2. The molecule has 2 heterocycles. The summed E-state index contributed by atoms with van der Waals surface area (Å²) in [6.45, 7) is -0.827. The van der Waals surface area contributed by atoms with Gasteiger partial charge in [0.15, 0.2) is 11.5 Å². The number of nitrogens with zero attached hydrogens (tertiary/aromatic N) is 3. The molecule has 3 aromatic rings. The average Bonchev–Trinajstić information content (AvgIpc) is 3.82. The summed E-state index contributed by atoms with van der Waals surface area (Å²) in [4.78, 5) is 15.5. The monoisotopic (exact) mass is 686 g/mol. The predicted octanol–water partition coefficient (Wildman–Crippen LogP) is 4.99. The maximum atomic E-state index is 13.4. The van der Waals surface area contributed by atoms with Gasteiger partial charge in [0, 0.05) is 42.9 Å². The summed E-state index contributed by atoms with van der Waals surface area (Å²) in [7, 11) is -1.82. The van der Waals surface area contributed by atoms with E-state index in [9.17, 15) is 27.2 Å². The number of carbonyl (C=O) groups excluding carboxylic acids is 1. The topological polar surface area (TPSA) is 109 Å². The van der Waals surface area contributed by atoms with Crippen molar-refractivity contribution >= 4 is 39.2 Å². The minimum atomic E-state index is -3.75. The fourth-order valence-electron chi connectivity index (χ4n) is 4.81. The highest BCUT2D eigenvalue weighted by molar-refractivity contribution is 7.89. The molecule has 2 aliphatic rings. The number of hydrogen-bond acceptors (Lipinski definition) is 8. The molecule has 0 spiro atoms. The molecule has 15 heteroatoms. The number of halogens is 4. The molecule has 0 radical (unpaired) electrons. The van der Waals surface area contributed by atoms with Crippen LogP contribution in [0.1, 0.15) is 40.4 Å². The van der Waals surface area contributed by atoms with E-state index >= 15 is 0 Å². The zero-order chi connectivity index (χ0) is 32.3. The van der Waals surface area contributed by atoms with Gasteiger partial charge in [-0.2, -0.15) is 13.1 Å². The Morgan fingerprint density at radius 1 is 1.02 bits per heavy atom. The second kappa shape index (κ2) is 14.0. The molecular weight excluding hydrogens is 655 g/mol. The SMILES string of the molecule is CN1CCN(S(=O)(=O)c2ccc(C(=O)O[C@@H](Cc3c(Cl)c[n+](O)cc3Cl)c3ccc(OC(F)F)c(OCC4CC4)c3)cc2)CC1. The molecule has 1 aromatic heterocycles. The number of rotatable bonds is 12. The number of ether oxygens (including phenoxy) is 3. The Morgan fingerprint density at radius 2 is 1.67 bits per heavy atom. The lowest BCUT2D eigenvalue weighted by Crippen LogP contribution is -2.47. The number of esters is 1. The van der Waals surface area contributed by atoms with Gasteiger partial charge in [-0.25, -0.2) is 13.2 Å². The van der Waals surface area contributed by atoms with Crippen molar-refractivity contribution in [1.82, 2.24) is 9.21 Å². The first-order valence-electron chi connectivity index (χ1n) is 14.2. The van der Waals surface area contributed by atoms with Crippen molar-refractivity contribution in [2.75, 3.05) is 39.8 Å². The molecule has 1 atom stereocenters. The van der Waals surface area contributed by atoms with Crippen molar-refractivity contribution in [3.05, 3.63) is 81.6 Å². The molecule has 45 heavy (non-hydrogen) atoms. The summed E-state index contributed by atoms with van der Waals surface area (Å²) in [5, 5.41) is 9.99. The van der Waals surface area contributed by atoms with Crippen LogP contribution in [-0.2, 0) is 21.2 Å². The first-order valence-corrected chi connectivity index (χ1v) is 16.4. The van der Waals surface area contributed by atoms with Gasteiger partial charge in [0.25, 0.3) is 0 Å². The van der Waals surface area contributed by atoms with E-state index in [2.05, 4.69) is 4.74 Å². The number of piperazine rings is 1. The molecule has 5 rings (SSSR count). The second-order valence-corrected chi connectivity index (χ2v) is 13.7. The van der Waals surface area contributed by atoms with Crippen LogP contribution in [0.15, 0.2) is 59.8 Å². The number of carbonyl (C=O) groups is 1. The molecule has 10 nitrogen and oxygen atoms in total. The molecule has 2 fully saturated rings. The lowest BCUT2D eigenvalue weighted by Gasteiger charge is -2.31. The van der Waals surface area contributed by atoms with E-state index < -0.39 is 28.7 Å². The van der Waals surface area contributed by atoms with Crippen molar-refractivity contribution in [3.8, 4) is 11.5 Å². The van der Waals surface area contributed by atoms with Crippen LogP contribution in [0.2, 0.25) is 10.0 Å². The standard InChI is InChI=1S/C30H32Cl2F2N3O7S/c1-35-10-12-37(13-11-35)45(40,41)22-7-4-20(5-8-22)29(38)43-27(15-23-24(31)16-36(39)17-25(23)32)21-6-9-26(44-30(33)34)28(14-21)42-18-19-2-3-19/h4-9,14,16-17,19,27,30,39H,2-3,10-13,15,18H2,1H3/q+1/t27-/m0/s1. The van der Waals surface area contributed by atoms with Gasteiger partial charge in [0.05, 0.1) is 17.1 Å². The molecule has 1 N–H and O–H groups in total. The summed E-state index contributed by atoms with van der Waals surface area (Å²) in [5.74, 6) is -0.583. The highest BCUT2D eigenvalue weighted by Gasteiger charge is 2.29. The number of likely N-dealkylation sites (N-methyl/N-ethyl adjacent to an activating group) is 1. The quantitative estimate of drug-likeness (QED) is 0.161. The van der Waals surface area contributed by atoms with Crippen LogP contribution in [0.4, 0.5) is 8.78 Å². The van der Waals surface area contributed by atoms with E-state index in [1.807, 2.05) is 11.9 Å². The third-order valence-electron chi connectivity index (χ3n) is 7.62. The van der Waals surface area contributed by atoms with Gasteiger partial charge in [0.1, 0.15) is 16.1 Å². The number of hydrogen-bond donors (Lipinski definition) is 1. The molecule has 1 saturated carbocycles. The van der Waals surface area contributed by atoms with Crippen molar-refractivity contribution in [2.24, 2.45) is 5.92 Å². The van der Waals surface area contributed by atoms with Gasteiger partial charge in [-0.1, -0.05) is 29.3 Å². The van der Waals surface area contributed by atoms with E-state index in [4.69, 9.17) is 32.7 Å². The minimum absolute atomic E-state index is 0.0485. The molecule has 242 valence electrons. The van der Waals surface area contributed by atoms with Crippen LogP contribution in [0, 0.1) is 5.92 Å². The zero-order valence-electron chi connectivity index (χ0n) is 24.2. The van der Waals surface area contributed by atoms with E-state index in [1.165, 1.54) is 59.2 Å². The van der Waals surface area contributed by atoms with E-state index in [-0.39, 0.29) is 38.4 Å². The van der Waals surface area contributed by atoms with Crippen molar-refractivity contribution < 1.29 is 46.1 Å². The van der Waals surface area contributed by atoms with Crippen LogP contribution in [0.5, 0.6) is 11.5 Å². The van der Waals surface area contributed by atoms with Gasteiger partial charge in [0.2, 0.25) is 22.4 Å². The van der Waals surface area contributed by atoms with Crippen LogP contribution in [0.25, 0.3) is 0 Å². The molecular formula is C30H32Cl2F2N3O7S+. The summed E-state index contributed by atoms with van der Waals surface area (Å²) < 4.78 is 71.0. The first-order chi connectivity index (χ1) is 21.4. The summed E-state index contributed by atoms with van der Waals surface area (Å²) in [6, 6.07) is 9.66. The minimum Gasteiger partial charge on any atom is -0.489 e. The molecule has 0 amide bonds. The van der Waals surface area contributed by atoms with Crippen LogP contribution in [-0.4, -0.2) is 75.2 Å². The normalized spacial score (nSPS) is 16.8. The lowest BCUT2D eigenvalue weighted by atomic mass is 10.0. The molecule has 1 saturated heterocycles. The largest absolute Gasteiger partial charge is 0.489 e. The molecule has 0 unspecified atom stereocenters. The average molecular weight is 688 g/mol. The van der Waals surface area contributed by atoms with Gasteiger partial charge >= 0.3 is 12.6 Å². The zero-order valence-corrected chi connectivity index (χ0v) is 26.6. The Bertz CT molecular complexity index is 1610. The maximum absolute atomic E-state index is 13.4. The number of sulfonamides is 1. The Balaban J connectivity index is 1.42. The Hall–Kier alpha value is -3.23. The molecule has 1 aliphatic heterocycles. The second-order valence-electron chi connectivity index (χ2n) is 11.0. The fraction of sp³-hybridized carbons (Fsp3) is 0.400. The summed E-state index contributed by atoms with van der Waals surface area (Å²) >= 11 is 12.7. The maximum Gasteiger partial charge on any atom is 0.387 e. The van der Waals surface area contributed by atoms with Crippen LogP contribution >= 0.6 is 23.2 Å². The van der Waals surface area contributed by atoms with Gasteiger partial charge < -0.3 is 19.1 Å². The smallest absolute Gasteiger partial charge is 0.387 e. The van der Waals surface area contributed by atoms with Crippen molar-refractivity contribution in [3.63, 3.8) is 0 Å². The lowest BCUT2D eigenvalue weighted by molar-refractivity contribution is -0.904. The number of pyridine rings is 1. The predicted molar refractivity (Wildman–Crippen MR) is 160 cm³/mol. The van der Waals surface area contributed by atoms with Gasteiger partial charge in [-0.3, -0.25) is 5.21 Å². The summed E-state index contributed by atoms with van der Waals surface area (Å²) in [6.07, 6.45) is 3.25. The van der Waals surface area contributed by atoms with E-state index in [1.54, 1.807) is 0 Å². The van der Waals surface area contributed by atoms with E-state index in [0.29, 0.717) is 54.6 Å².